The molecule has 0 radical (unpaired) electrons. The molecule has 1 unspecified atom stereocenters. The van der Waals surface area contributed by atoms with E-state index < -0.39 is 29.7 Å². The molecular weight excluding hydrogens is 359 g/mol. The van der Waals surface area contributed by atoms with Gasteiger partial charge in [-0.05, 0) is 31.4 Å². The van der Waals surface area contributed by atoms with Crippen molar-refractivity contribution >= 4 is 29.3 Å². The minimum atomic E-state index is -4.86. The molecule has 2 heterocycles. The first-order valence-corrected chi connectivity index (χ1v) is 8.37. The first-order chi connectivity index (χ1) is 11.7. The quantitative estimate of drug-likeness (QED) is 0.844. The number of benzene rings is 1. The van der Waals surface area contributed by atoms with Crippen molar-refractivity contribution in [1.82, 2.24) is 0 Å². The van der Waals surface area contributed by atoms with Crippen molar-refractivity contribution in [2.24, 2.45) is 0 Å². The molecule has 0 aliphatic carbocycles. The van der Waals surface area contributed by atoms with E-state index in [2.05, 4.69) is 0 Å². The third-order valence-electron chi connectivity index (χ3n) is 4.73. The highest BCUT2D eigenvalue weighted by molar-refractivity contribution is 6.33. The zero-order chi connectivity index (χ0) is 18.4. The number of hydrogen-bond acceptors (Lipinski definition) is 3. The van der Waals surface area contributed by atoms with Crippen molar-refractivity contribution < 1.29 is 27.8 Å². The monoisotopic (exact) mass is 375 g/mol. The largest absolute Gasteiger partial charge is 0.478 e. The lowest BCUT2D eigenvalue weighted by molar-refractivity contribution is -0.236. The molecule has 1 N–H and O–H groups in total. The number of carboxylic acids is 1. The van der Waals surface area contributed by atoms with Crippen LogP contribution in [0.25, 0.3) is 6.08 Å². The summed E-state index contributed by atoms with van der Waals surface area (Å²) in [5.74, 6) is -1.67. The first kappa shape index (κ1) is 17.9. The molecule has 0 bridgehead atoms. The van der Waals surface area contributed by atoms with Gasteiger partial charge in [-0.2, -0.15) is 13.2 Å². The normalized spacial score (nSPS) is 23.1. The van der Waals surface area contributed by atoms with Gasteiger partial charge in [0.1, 0.15) is 5.75 Å². The Kier molecular flexibility index (Phi) is 4.39. The average Bonchev–Trinajstić information content (AvgIpc) is 3.06. The van der Waals surface area contributed by atoms with Gasteiger partial charge in [-0.25, -0.2) is 4.79 Å². The van der Waals surface area contributed by atoms with Crippen LogP contribution in [0.1, 0.15) is 31.7 Å². The van der Waals surface area contributed by atoms with Gasteiger partial charge in [0.05, 0.1) is 16.3 Å². The Labute approximate surface area is 147 Å². The highest BCUT2D eigenvalue weighted by Crippen LogP contribution is 2.49. The van der Waals surface area contributed by atoms with Crippen LogP contribution < -0.4 is 9.64 Å². The van der Waals surface area contributed by atoms with Crippen molar-refractivity contribution in [2.45, 2.75) is 38.0 Å². The molecule has 0 amide bonds. The van der Waals surface area contributed by atoms with Crippen molar-refractivity contribution in [1.29, 1.82) is 0 Å². The summed E-state index contributed by atoms with van der Waals surface area (Å²) in [4.78, 5) is 13.4. The van der Waals surface area contributed by atoms with Gasteiger partial charge in [0.15, 0.2) is 0 Å². The second kappa shape index (κ2) is 6.12. The first-order valence-electron chi connectivity index (χ1n) is 7.99. The van der Waals surface area contributed by atoms with E-state index in [0.717, 1.165) is 32.0 Å². The standard InChI is InChI=1S/C17H17ClF3NO3/c1-2-16(17(19,20)21)11(15(23)24)7-10-8-12(18)13(9-14(10)25-16)22-5-3-4-6-22/h7-9H,2-6H2,1H3,(H,23,24). The third-order valence-corrected chi connectivity index (χ3v) is 5.03. The van der Waals surface area contributed by atoms with E-state index in [1.54, 1.807) is 0 Å². The van der Waals surface area contributed by atoms with E-state index in [4.69, 9.17) is 16.3 Å². The number of rotatable bonds is 3. The van der Waals surface area contributed by atoms with Gasteiger partial charge in [-0.15, -0.1) is 0 Å². The Morgan fingerprint density at radius 3 is 2.52 bits per heavy atom. The lowest BCUT2D eigenvalue weighted by atomic mass is 9.85. The fourth-order valence-corrected chi connectivity index (χ4v) is 3.67. The highest BCUT2D eigenvalue weighted by Gasteiger charge is 2.62. The summed E-state index contributed by atoms with van der Waals surface area (Å²) in [5, 5.41) is 9.66. The molecule has 0 saturated carbocycles. The second-order valence-corrected chi connectivity index (χ2v) is 6.59. The fraction of sp³-hybridized carbons (Fsp3) is 0.471. The van der Waals surface area contributed by atoms with Crippen molar-refractivity contribution in [3.63, 3.8) is 0 Å². The van der Waals surface area contributed by atoms with Crippen LogP contribution in [0, 0.1) is 0 Å². The number of alkyl halides is 3. The predicted octanol–water partition coefficient (Wildman–Crippen LogP) is 4.51. The highest BCUT2D eigenvalue weighted by atomic mass is 35.5. The number of fused-ring (bicyclic) bond motifs is 1. The maximum Gasteiger partial charge on any atom is 0.432 e. The Morgan fingerprint density at radius 1 is 1.36 bits per heavy atom. The van der Waals surface area contributed by atoms with Crippen LogP contribution >= 0.6 is 11.6 Å². The van der Waals surface area contributed by atoms with Crippen LogP contribution in [0.3, 0.4) is 0 Å². The zero-order valence-corrected chi connectivity index (χ0v) is 14.2. The van der Waals surface area contributed by atoms with Crippen LogP contribution in [0.4, 0.5) is 18.9 Å². The van der Waals surface area contributed by atoms with E-state index in [0.29, 0.717) is 10.7 Å². The van der Waals surface area contributed by atoms with Crippen molar-refractivity contribution in [3.8, 4) is 5.75 Å². The Hall–Kier alpha value is -1.89. The van der Waals surface area contributed by atoms with E-state index in [1.807, 2.05) is 4.90 Å². The van der Waals surface area contributed by atoms with Gasteiger partial charge in [0.2, 0.25) is 5.60 Å². The van der Waals surface area contributed by atoms with Gasteiger partial charge in [0, 0.05) is 24.7 Å². The molecule has 1 aromatic carbocycles. The average molecular weight is 376 g/mol. The van der Waals surface area contributed by atoms with Gasteiger partial charge >= 0.3 is 12.1 Å². The van der Waals surface area contributed by atoms with Crippen molar-refractivity contribution in [2.75, 3.05) is 18.0 Å². The molecule has 25 heavy (non-hydrogen) atoms. The summed E-state index contributed by atoms with van der Waals surface area (Å²) >= 11 is 6.27. The summed E-state index contributed by atoms with van der Waals surface area (Å²) in [5.41, 5.74) is -2.86. The fourth-order valence-electron chi connectivity index (χ4n) is 3.38. The molecule has 136 valence electrons. The molecule has 1 fully saturated rings. The summed E-state index contributed by atoms with van der Waals surface area (Å²) in [7, 11) is 0. The topological polar surface area (TPSA) is 49.8 Å². The molecule has 8 heteroatoms. The minimum Gasteiger partial charge on any atom is -0.478 e. The molecule has 0 spiro atoms. The minimum absolute atomic E-state index is 0.00419. The third kappa shape index (κ3) is 2.84. The molecular formula is C17H17ClF3NO3. The zero-order valence-electron chi connectivity index (χ0n) is 13.5. The molecule has 1 saturated heterocycles. The smallest absolute Gasteiger partial charge is 0.432 e. The number of ether oxygens (including phenoxy) is 1. The van der Waals surface area contributed by atoms with Crippen LogP contribution in [0.15, 0.2) is 17.7 Å². The van der Waals surface area contributed by atoms with E-state index in [1.165, 1.54) is 19.1 Å². The Balaban J connectivity index is 2.15. The van der Waals surface area contributed by atoms with Crippen molar-refractivity contribution in [3.05, 3.63) is 28.3 Å². The molecule has 4 nitrogen and oxygen atoms in total. The molecule has 2 aliphatic rings. The Bertz CT molecular complexity index is 741. The molecule has 2 aliphatic heterocycles. The summed E-state index contributed by atoms with van der Waals surface area (Å²) in [6.07, 6.45) is -2.43. The van der Waals surface area contributed by atoms with Gasteiger partial charge in [-0.1, -0.05) is 18.5 Å². The predicted molar refractivity (Wildman–Crippen MR) is 88.2 cm³/mol. The Morgan fingerprint density at radius 2 is 2.00 bits per heavy atom. The summed E-state index contributed by atoms with van der Waals surface area (Å²) < 4.78 is 46.5. The number of aliphatic carboxylic acids is 1. The van der Waals surface area contributed by atoms with Crippen LogP contribution in [-0.2, 0) is 4.79 Å². The molecule has 1 aromatic rings. The van der Waals surface area contributed by atoms with Crippen LogP contribution in [0.2, 0.25) is 5.02 Å². The van der Waals surface area contributed by atoms with Gasteiger partial charge < -0.3 is 14.7 Å². The van der Waals surface area contributed by atoms with E-state index in [9.17, 15) is 23.1 Å². The maximum atomic E-state index is 13.7. The number of hydrogen-bond donors (Lipinski definition) is 1. The molecule has 0 aromatic heterocycles. The summed E-state index contributed by atoms with van der Waals surface area (Å²) in [6, 6.07) is 2.94. The number of nitrogens with zero attached hydrogens (tertiary/aromatic N) is 1. The number of halogens is 4. The van der Waals surface area contributed by atoms with Gasteiger partial charge in [0.25, 0.3) is 0 Å². The number of carbonyl (C=O) groups is 1. The van der Waals surface area contributed by atoms with E-state index in [-0.39, 0.29) is 11.3 Å². The summed E-state index contributed by atoms with van der Waals surface area (Å²) in [6.45, 7) is 2.80. The van der Waals surface area contributed by atoms with Crippen LogP contribution in [-0.4, -0.2) is 35.9 Å². The number of anilines is 1. The lowest BCUT2D eigenvalue weighted by Gasteiger charge is -2.39. The second-order valence-electron chi connectivity index (χ2n) is 6.18. The van der Waals surface area contributed by atoms with Gasteiger partial charge in [-0.3, -0.25) is 0 Å². The van der Waals surface area contributed by atoms with E-state index >= 15 is 0 Å². The molecule has 3 rings (SSSR count). The lowest BCUT2D eigenvalue weighted by Crippen LogP contribution is -2.54. The SMILES string of the molecule is CCC1(C(F)(F)F)Oc2cc(N3CCCC3)c(Cl)cc2C=C1C(=O)O. The number of carboxylic acid groups (broad SMARTS) is 1. The molecule has 1 atom stereocenters. The maximum absolute atomic E-state index is 13.7. The van der Waals surface area contributed by atoms with Crippen LogP contribution in [0.5, 0.6) is 5.75 Å².